The minimum absolute atomic E-state index is 0.223. The molecule has 112 valence electrons. The molecular weight excluding hydrogens is 343 g/mol. The van der Waals surface area contributed by atoms with Crippen LogP contribution in [0.1, 0.15) is 5.56 Å². The number of morpholine rings is 1. The Kier molecular flexibility index (Phi) is 3.66. The molecule has 4 rings (SSSR count). The van der Waals surface area contributed by atoms with Gasteiger partial charge in [-0.1, -0.05) is 0 Å². The van der Waals surface area contributed by atoms with Gasteiger partial charge >= 0.3 is 134 Å². The number of rotatable bonds is 2. The molecule has 0 N–H and O–H groups in total. The van der Waals surface area contributed by atoms with Gasteiger partial charge in [-0.25, -0.2) is 0 Å². The monoisotopic (exact) mass is 360 g/mol. The van der Waals surface area contributed by atoms with E-state index in [9.17, 15) is 0 Å². The first-order valence-electron chi connectivity index (χ1n) is 7.34. The van der Waals surface area contributed by atoms with Crippen molar-refractivity contribution in [3.63, 3.8) is 0 Å². The van der Waals surface area contributed by atoms with Gasteiger partial charge in [0.15, 0.2) is 0 Å². The number of benzene rings is 1. The molecule has 0 bridgehead atoms. The van der Waals surface area contributed by atoms with Crippen LogP contribution in [0.2, 0.25) is 0 Å². The Morgan fingerprint density at radius 3 is 2.64 bits per heavy atom. The van der Waals surface area contributed by atoms with E-state index < -0.39 is 0 Å². The molecule has 3 heterocycles. The van der Waals surface area contributed by atoms with Crippen LogP contribution in [0.5, 0.6) is 0 Å². The zero-order valence-electron chi connectivity index (χ0n) is 12.3. The molecule has 1 saturated heterocycles. The van der Waals surface area contributed by atoms with Crippen molar-refractivity contribution in [3.8, 4) is 10.0 Å². The van der Waals surface area contributed by atoms with Crippen LogP contribution < -0.4 is 4.90 Å². The standard InChI is InChI=1S/C16H16N4OSe/c1-11-2-4-12(5-3-11)14-10-13-15(22-14)16(18-19-17-13)20-6-8-21-9-7-20/h2-5,10H,6-9H2,1H3. The Hall–Kier alpha value is -1.75. The normalized spacial score (nSPS) is 15.4. The van der Waals surface area contributed by atoms with Crippen molar-refractivity contribution in [1.82, 2.24) is 15.4 Å². The predicted molar refractivity (Wildman–Crippen MR) is 87.5 cm³/mol. The molecule has 0 unspecified atom stereocenters. The molecule has 0 aliphatic carbocycles. The third-order valence-corrected chi connectivity index (χ3v) is 6.31. The van der Waals surface area contributed by atoms with Crippen LogP contribution in [0.3, 0.4) is 0 Å². The van der Waals surface area contributed by atoms with Crippen molar-refractivity contribution in [3.05, 3.63) is 35.9 Å². The third-order valence-electron chi connectivity index (χ3n) is 3.85. The fourth-order valence-electron chi connectivity index (χ4n) is 2.62. The average Bonchev–Trinajstić information content (AvgIpc) is 3.00. The van der Waals surface area contributed by atoms with Crippen LogP contribution in [0.25, 0.3) is 19.8 Å². The number of hydrogen-bond donors (Lipinski definition) is 0. The van der Waals surface area contributed by atoms with Gasteiger partial charge in [-0.3, -0.25) is 0 Å². The summed E-state index contributed by atoms with van der Waals surface area (Å²) in [6, 6.07) is 10.8. The van der Waals surface area contributed by atoms with Gasteiger partial charge in [0.2, 0.25) is 0 Å². The SMILES string of the molecule is Cc1ccc(-c2cc3nnnc(N4CCOCC4)c3[se]2)cc1. The van der Waals surface area contributed by atoms with Crippen molar-refractivity contribution in [1.29, 1.82) is 0 Å². The molecule has 22 heavy (non-hydrogen) atoms. The van der Waals surface area contributed by atoms with E-state index >= 15 is 0 Å². The van der Waals surface area contributed by atoms with Crippen LogP contribution in [0, 0.1) is 6.92 Å². The summed E-state index contributed by atoms with van der Waals surface area (Å²) >= 11 is 0.223. The topological polar surface area (TPSA) is 51.1 Å². The second-order valence-corrected chi connectivity index (χ2v) is 7.61. The summed E-state index contributed by atoms with van der Waals surface area (Å²) in [6.45, 7) is 5.37. The molecule has 1 aromatic carbocycles. The van der Waals surface area contributed by atoms with Crippen LogP contribution in [0.15, 0.2) is 30.3 Å². The zero-order chi connectivity index (χ0) is 14.9. The molecule has 3 aromatic rings. The van der Waals surface area contributed by atoms with Gasteiger partial charge < -0.3 is 0 Å². The second kappa shape index (κ2) is 5.80. The summed E-state index contributed by atoms with van der Waals surface area (Å²) in [6.07, 6.45) is 0. The molecule has 5 nitrogen and oxygen atoms in total. The summed E-state index contributed by atoms with van der Waals surface area (Å²) in [5.74, 6) is 0.992. The number of aryl methyl sites for hydroxylation is 1. The third kappa shape index (κ3) is 2.54. The van der Waals surface area contributed by atoms with Crippen molar-refractivity contribution in [2.75, 3.05) is 31.2 Å². The molecule has 1 fully saturated rings. The molecule has 1 aliphatic rings. The molecule has 0 atom stereocenters. The number of hydrogen-bond acceptors (Lipinski definition) is 5. The molecule has 2 aromatic heterocycles. The van der Waals surface area contributed by atoms with E-state index in [2.05, 4.69) is 57.6 Å². The average molecular weight is 359 g/mol. The fourth-order valence-corrected chi connectivity index (χ4v) is 4.95. The first-order chi connectivity index (χ1) is 10.8. The summed E-state index contributed by atoms with van der Waals surface area (Å²) in [5.41, 5.74) is 3.53. The van der Waals surface area contributed by atoms with Crippen LogP contribution in [-0.2, 0) is 4.74 Å². The van der Waals surface area contributed by atoms with Crippen molar-refractivity contribution >= 4 is 30.1 Å². The van der Waals surface area contributed by atoms with Gasteiger partial charge in [-0.05, 0) is 0 Å². The predicted octanol–water partition coefficient (Wildman–Crippen LogP) is 1.89. The summed E-state index contributed by atoms with van der Waals surface area (Å²) in [4.78, 5) is 2.27. The van der Waals surface area contributed by atoms with Gasteiger partial charge in [-0.15, -0.1) is 0 Å². The van der Waals surface area contributed by atoms with Crippen LogP contribution in [0.4, 0.5) is 5.82 Å². The Balaban J connectivity index is 1.78. The van der Waals surface area contributed by atoms with Gasteiger partial charge in [-0.2, -0.15) is 0 Å². The number of nitrogens with zero attached hydrogens (tertiary/aromatic N) is 4. The Morgan fingerprint density at radius 2 is 1.86 bits per heavy atom. The van der Waals surface area contributed by atoms with Crippen molar-refractivity contribution in [2.24, 2.45) is 0 Å². The van der Waals surface area contributed by atoms with Crippen LogP contribution >= 0.6 is 0 Å². The molecule has 0 spiro atoms. The van der Waals surface area contributed by atoms with Gasteiger partial charge in [0, 0.05) is 0 Å². The Labute approximate surface area is 134 Å². The number of anilines is 1. The molecule has 6 heteroatoms. The van der Waals surface area contributed by atoms with E-state index in [1.165, 1.54) is 19.8 Å². The Morgan fingerprint density at radius 1 is 1.09 bits per heavy atom. The van der Waals surface area contributed by atoms with Crippen molar-refractivity contribution < 1.29 is 4.74 Å². The van der Waals surface area contributed by atoms with Gasteiger partial charge in [0.05, 0.1) is 0 Å². The van der Waals surface area contributed by atoms with E-state index in [1.54, 1.807) is 0 Å². The number of ether oxygens (including phenoxy) is 1. The van der Waals surface area contributed by atoms with E-state index in [4.69, 9.17) is 4.74 Å². The molecule has 0 radical (unpaired) electrons. The fraction of sp³-hybridized carbons (Fsp3) is 0.312. The summed E-state index contributed by atoms with van der Waals surface area (Å²) in [5, 5.41) is 12.5. The first kappa shape index (κ1) is 13.9. The van der Waals surface area contributed by atoms with E-state index in [0.29, 0.717) is 0 Å². The van der Waals surface area contributed by atoms with E-state index in [0.717, 1.165) is 37.6 Å². The summed E-state index contributed by atoms with van der Waals surface area (Å²) in [7, 11) is 0. The maximum absolute atomic E-state index is 5.43. The summed E-state index contributed by atoms with van der Waals surface area (Å²) < 4.78 is 8.03. The van der Waals surface area contributed by atoms with Gasteiger partial charge in [0.25, 0.3) is 0 Å². The molecule has 0 saturated carbocycles. The number of aromatic nitrogens is 3. The Bertz CT molecular complexity index is 794. The van der Waals surface area contributed by atoms with Gasteiger partial charge in [0.1, 0.15) is 0 Å². The minimum atomic E-state index is 0.223. The zero-order valence-corrected chi connectivity index (χ0v) is 14.0. The first-order valence-corrected chi connectivity index (χ1v) is 9.05. The molecular formula is C16H16N4OSe. The second-order valence-electron chi connectivity index (χ2n) is 5.40. The van der Waals surface area contributed by atoms with E-state index in [1.807, 2.05) is 0 Å². The maximum atomic E-state index is 5.43. The van der Waals surface area contributed by atoms with Crippen molar-refractivity contribution in [2.45, 2.75) is 6.92 Å². The van der Waals surface area contributed by atoms with E-state index in [-0.39, 0.29) is 14.5 Å². The quantitative estimate of drug-likeness (QED) is 0.654. The molecule has 1 aliphatic heterocycles. The number of fused-ring (bicyclic) bond motifs is 1. The molecule has 0 amide bonds. The van der Waals surface area contributed by atoms with Crippen LogP contribution in [-0.4, -0.2) is 56.2 Å².